The minimum absolute atomic E-state index is 0.700. The van der Waals surface area contributed by atoms with Crippen LogP contribution in [0.4, 0.5) is 0 Å². The molecule has 0 atom stereocenters. The summed E-state index contributed by atoms with van der Waals surface area (Å²) in [4.78, 5) is 2.46. The van der Waals surface area contributed by atoms with Crippen molar-refractivity contribution in [1.82, 2.24) is 4.90 Å². The SMILES string of the molecule is NCC1=CCCN(Cc2ccccc2)C1. The van der Waals surface area contributed by atoms with Gasteiger partial charge in [0.1, 0.15) is 0 Å². The van der Waals surface area contributed by atoms with Crippen LogP contribution in [0.1, 0.15) is 12.0 Å². The maximum atomic E-state index is 5.66. The molecule has 1 aliphatic heterocycles. The summed E-state index contributed by atoms with van der Waals surface area (Å²) in [5, 5.41) is 0. The summed E-state index contributed by atoms with van der Waals surface area (Å²) >= 11 is 0. The Morgan fingerprint density at radius 2 is 2.00 bits per heavy atom. The van der Waals surface area contributed by atoms with Gasteiger partial charge in [0, 0.05) is 26.2 Å². The Labute approximate surface area is 91.4 Å². The Morgan fingerprint density at radius 1 is 1.20 bits per heavy atom. The molecule has 2 N–H and O–H groups in total. The molecule has 1 aliphatic rings. The highest BCUT2D eigenvalue weighted by atomic mass is 15.1. The topological polar surface area (TPSA) is 29.3 Å². The van der Waals surface area contributed by atoms with Crippen molar-refractivity contribution in [3.8, 4) is 0 Å². The van der Waals surface area contributed by atoms with Crippen molar-refractivity contribution in [2.75, 3.05) is 19.6 Å². The lowest BCUT2D eigenvalue weighted by atomic mass is 10.1. The van der Waals surface area contributed by atoms with Crippen LogP contribution in [0.3, 0.4) is 0 Å². The second-order valence-electron chi connectivity index (χ2n) is 4.05. The molecule has 2 nitrogen and oxygen atoms in total. The summed E-state index contributed by atoms with van der Waals surface area (Å²) in [5.41, 5.74) is 8.42. The van der Waals surface area contributed by atoms with Gasteiger partial charge in [-0.3, -0.25) is 4.90 Å². The molecule has 2 rings (SSSR count). The van der Waals surface area contributed by atoms with E-state index in [0.29, 0.717) is 6.54 Å². The van der Waals surface area contributed by atoms with Crippen LogP contribution in [0.2, 0.25) is 0 Å². The zero-order valence-corrected chi connectivity index (χ0v) is 9.02. The highest BCUT2D eigenvalue weighted by Gasteiger charge is 2.11. The van der Waals surface area contributed by atoms with Gasteiger partial charge in [0.25, 0.3) is 0 Å². The predicted octanol–water partition coefficient (Wildman–Crippen LogP) is 1.78. The maximum Gasteiger partial charge on any atom is 0.0237 e. The molecule has 0 bridgehead atoms. The summed E-state index contributed by atoms with van der Waals surface area (Å²) in [7, 11) is 0. The normalized spacial score (nSPS) is 17.5. The van der Waals surface area contributed by atoms with Gasteiger partial charge in [0.05, 0.1) is 0 Å². The molecule has 0 radical (unpaired) electrons. The fourth-order valence-electron chi connectivity index (χ4n) is 2.01. The number of benzene rings is 1. The van der Waals surface area contributed by atoms with Crippen LogP contribution in [0.5, 0.6) is 0 Å². The maximum absolute atomic E-state index is 5.66. The Bertz CT molecular complexity index is 330. The van der Waals surface area contributed by atoms with Gasteiger partial charge in [-0.05, 0) is 17.6 Å². The zero-order chi connectivity index (χ0) is 10.5. The number of rotatable bonds is 3. The van der Waals surface area contributed by atoms with Crippen molar-refractivity contribution in [3.63, 3.8) is 0 Å². The Balaban J connectivity index is 1.94. The average molecular weight is 202 g/mol. The fraction of sp³-hybridized carbons (Fsp3) is 0.385. The molecule has 2 heteroatoms. The molecule has 0 unspecified atom stereocenters. The van der Waals surface area contributed by atoms with E-state index in [1.54, 1.807) is 0 Å². The first kappa shape index (κ1) is 10.4. The molecule has 0 aliphatic carbocycles. The van der Waals surface area contributed by atoms with Gasteiger partial charge in [-0.2, -0.15) is 0 Å². The summed E-state index contributed by atoms with van der Waals surface area (Å²) in [6, 6.07) is 10.6. The van der Waals surface area contributed by atoms with Gasteiger partial charge in [-0.15, -0.1) is 0 Å². The smallest absolute Gasteiger partial charge is 0.0237 e. The van der Waals surface area contributed by atoms with Gasteiger partial charge in [-0.25, -0.2) is 0 Å². The van der Waals surface area contributed by atoms with Gasteiger partial charge >= 0.3 is 0 Å². The summed E-state index contributed by atoms with van der Waals surface area (Å²) in [5.74, 6) is 0. The van der Waals surface area contributed by atoms with Gasteiger partial charge in [-0.1, -0.05) is 36.4 Å². The van der Waals surface area contributed by atoms with Crippen LogP contribution >= 0.6 is 0 Å². The van der Waals surface area contributed by atoms with Crippen molar-refractivity contribution >= 4 is 0 Å². The lowest BCUT2D eigenvalue weighted by molar-refractivity contribution is 0.281. The third kappa shape index (κ3) is 2.91. The number of nitrogens with zero attached hydrogens (tertiary/aromatic N) is 1. The Kier molecular flexibility index (Phi) is 3.54. The lowest BCUT2D eigenvalue weighted by Crippen LogP contribution is -2.31. The zero-order valence-electron chi connectivity index (χ0n) is 9.02. The minimum Gasteiger partial charge on any atom is -0.327 e. The van der Waals surface area contributed by atoms with E-state index in [4.69, 9.17) is 5.73 Å². The summed E-state index contributed by atoms with van der Waals surface area (Å²) in [6.45, 7) is 3.92. The molecule has 80 valence electrons. The number of hydrogen-bond acceptors (Lipinski definition) is 2. The Morgan fingerprint density at radius 3 is 2.73 bits per heavy atom. The van der Waals surface area contributed by atoms with E-state index in [1.165, 1.54) is 11.1 Å². The van der Waals surface area contributed by atoms with E-state index >= 15 is 0 Å². The van der Waals surface area contributed by atoms with Crippen molar-refractivity contribution in [3.05, 3.63) is 47.5 Å². The Hall–Kier alpha value is -1.12. The van der Waals surface area contributed by atoms with E-state index in [0.717, 1.165) is 26.1 Å². The van der Waals surface area contributed by atoms with Crippen molar-refractivity contribution in [2.45, 2.75) is 13.0 Å². The molecule has 0 amide bonds. The van der Waals surface area contributed by atoms with Crippen molar-refractivity contribution in [1.29, 1.82) is 0 Å². The fourth-order valence-corrected chi connectivity index (χ4v) is 2.01. The molecule has 0 aromatic heterocycles. The largest absolute Gasteiger partial charge is 0.327 e. The third-order valence-corrected chi connectivity index (χ3v) is 2.82. The minimum atomic E-state index is 0.700. The molecule has 1 heterocycles. The second kappa shape index (κ2) is 5.10. The van der Waals surface area contributed by atoms with E-state index < -0.39 is 0 Å². The lowest BCUT2D eigenvalue weighted by Gasteiger charge is -2.26. The summed E-state index contributed by atoms with van der Waals surface area (Å²) < 4.78 is 0. The summed E-state index contributed by atoms with van der Waals surface area (Å²) in [6.07, 6.45) is 3.42. The van der Waals surface area contributed by atoms with Crippen LogP contribution in [-0.2, 0) is 6.54 Å². The molecule has 15 heavy (non-hydrogen) atoms. The van der Waals surface area contributed by atoms with Gasteiger partial charge in [0.2, 0.25) is 0 Å². The average Bonchev–Trinajstić information content (AvgIpc) is 2.31. The van der Waals surface area contributed by atoms with Crippen LogP contribution in [0, 0.1) is 0 Å². The third-order valence-electron chi connectivity index (χ3n) is 2.82. The van der Waals surface area contributed by atoms with E-state index in [-0.39, 0.29) is 0 Å². The first-order valence-corrected chi connectivity index (χ1v) is 5.53. The van der Waals surface area contributed by atoms with Crippen LogP contribution in [0.15, 0.2) is 42.0 Å². The molecule has 1 aromatic rings. The first-order valence-electron chi connectivity index (χ1n) is 5.53. The molecule has 0 saturated heterocycles. The number of nitrogens with two attached hydrogens (primary N) is 1. The predicted molar refractivity (Wildman–Crippen MR) is 63.5 cm³/mol. The molecule has 1 aromatic carbocycles. The standard InChI is InChI=1S/C13H18N2/c14-9-13-7-4-8-15(11-13)10-12-5-2-1-3-6-12/h1-3,5-7H,4,8-11,14H2. The van der Waals surface area contributed by atoms with Crippen LogP contribution < -0.4 is 5.73 Å². The van der Waals surface area contributed by atoms with Crippen molar-refractivity contribution < 1.29 is 0 Å². The number of hydrogen-bond donors (Lipinski definition) is 1. The molecule has 0 spiro atoms. The highest BCUT2D eigenvalue weighted by molar-refractivity contribution is 5.16. The van der Waals surface area contributed by atoms with Crippen LogP contribution in [-0.4, -0.2) is 24.5 Å². The monoisotopic (exact) mass is 202 g/mol. The second-order valence-corrected chi connectivity index (χ2v) is 4.05. The van der Waals surface area contributed by atoms with Gasteiger partial charge in [0.15, 0.2) is 0 Å². The quantitative estimate of drug-likeness (QED) is 0.757. The molecular weight excluding hydrogens is 184 g/mol. The highest BCUT2D eigenvalue weighted by Crippen LogP contribution is 2.12. The van der Waals surface area contributed by atoms with E-state index in [1.807, 2.05) is 0 Å². The molecule has 0 fully saturated rings. The van der Waals surface area contributed by atoms with E-state index in [9.17, 15) is 0 Å². The van der Waals surface area contributed by atoms with E-state index in [2.05, 4.69) is 41.3 Å². The molecule has 0 saturated carbocycles. The molecular formula is C13H18N2. The van der Waals surface area contributed by atoms with Crippen molar-refractivity contribution in [2.24, 2.45) is 5.73 Å². The van der Waals surface area contributed by atoms with Gasteiger partial charge < -0.3 is 5.73 Å². The first-order chi connectivity index (χ1) is 7.38. The van der Waals surface area contributed by atoms with Crippen LogP contribution in [0.25, 0.3) is 0 Å².